The van der Waals surface area contributed by atoms with E-state index in [1.54, 1.807) is 12.1 Å². The summed E-state index contributed by atoms with van der Waals surface area (Å²) in [7, 11) is 0. The Hall–Kier alpha value is -2.49. The molecule has 2 rings (SSSR count). The number of carboxylic acid groups (broad SMARTS) is 1. The molecule has 19 heavy (non-hydrogen) atoms. The first-order chi connectivity index (χ1) is 8.97. The number of aryl methyl sites for hydroxylation is 2. The molecule has 0 heterocycles. The standard InChI is InChI=1S/C15H15NO3/c1-9-6-10(2)8-11(7-9)19-13-5-3-4-12(14(13)16)15(17)18/h3-8H,16H2,1-2H3,(H,17,18). The Morgan fingerprint density at radius 2 is 1.79 bits per heavy atom. The van der Waals surface area contributed by atoms with Gasteiger partial charge >= 0.3 is 5.97 Å². The second-order valence-corrected chi connectivity index (χ2v) is 4.45. The molecule has 0 aliphatic rings. The molecule has 0 saturated heterocycles. The van der Waals surface area contributed by atoms with E-state index in [4.69, 9.17) is 15.6 Å². The second-order valence-electron chi connectivity index (χ2n) is 4.45. The third kappa shape index (κ3) is 2.85. The summed E-state index contributed by atoms with van der Waals surface area (Å²) in [6, 6.07) is 10.5. The third-order valence-corrected chi connectivity index (χ3v) is 2.72. The summed E-state index contributed by atoms with van der Waals surface area (Å²) in [5.74, 6) is -0.0694. The Kier molecular flexibility index (Phi) is 3.42. The van der Waals surface area contributed by atoms with Crippen LogP contribution in [-0.4, -0.2) is 11.1 Å². The smallest absolute Gasteiger partial charge is 0.337 e. The van der Waals surface area contributed by atoms with Gasteiger partial charge in [-0.15, -0.1) is 0 Å². The number of aromatic carboxylic acids is 1. The topological polar surface area (TPSA) is 72.5 Å². The van der Waals surface area contributed by atoms with Crippen LogP contribution in [0.1, 0.15) is 21.5 Å². The number of nitrogens with two attached hydrogens (primary N) is 1. The molecule has 0 unspecified atom stereocenters. The highest BCUT2D eigenvalue weighted by Gasteiger charge is 2.12. The van der Waals surface area contributed by atoms with E-state index in [0.29, 0.717) is 11.5 Å². The van der Waals surface area contributed by atoms with E-state index < -0.39 is 5.97 Å². The van der Waals surface area contributed by atoms with Gasteiger partial charge in [-0.25, -0.2) is 4.79 Å². The first kappa shape index (κ1) is 13.0. The number of para-hydroxylation sites is 1. The number of ether oxygens (including phenoxy) is 1. The molecule has 2 aromatic carbocycles. The summed E-state index contributed by atoms with van der Waals surface area (Å²) >= 11 is 0. The van der Waals surface area contributed by atoms with Gasteiger partial charge in [0, 0.05) is 0 Å². The highest BCUT2D eigenvalue weighted by molar-refractivity contribution is 5.95. The number of hydrogen-bond acceptors (Lipinski definition) is 3. The van der Waals surface area contributed by atoms with Crippen molar-refractivity contribution in [3.8, 4) is 11.5 Å². The maximum absolute atomic E-state index is 11.0. The first-order valence-corrected chi connectivity index (χ1v) is 5.85. The summed E-state index contributed by atoms with van der Waals surface area (Å²) in [5, 5.41) is 9.01. The van der Waals surface area contributed by atoms with Crippen molar-refractivity contribution in [2.45, 2.75) is 13.8 Å². The molecule has 4 heteroatoms. The van der Waals surface area contributed by atoms with Crippen LogP contribution < -0.4 is 10.5 Å². The normalized spacial score (nSPS) is 10.2. The van der Waals surface area contributed by atoms with Gasteiger partial charge in [-0.3, -0.25) is 0 Å². The molecule has 2 aromatic rings. The molecular formula is C15H15NO3. The molecule has 98 valence electrons. The molecule has 0 radical (unpaired) electrons. The second kappa shape index (κ2) is 5.02. The van der Waals surface area contributed by atoms with Crippen molar-refractivity contribution >= 4 is 11.7 Å². The van der Waals surface area contributed by atoms with Crippen LogP contribution in [0.5, 0.6) is 11.5 Å². The molecule has 0 bridgehead atoms. The molecule has 0 atom stereocenters. The summed E-state index contributed by atoms with van der Waals surface area (Å²) in [5.41, 5.74) is 8.12. The number of carboxylic acids is 1. The van der Waals surface area contributed by atoms with Gasteiger partial charge in [-0.2, -0.15) is 0 Å². The lowest BCUT2D eigenvalue weighted by molar-refractivity contribution is 0.0697. The molecule has 4 nitrogen and oxygen atoms in total. The number of benzene rings is 2. The predicted octanol–water partition coefficient (Wildman–Crippen LogP) is 3.38. The van der Waals surface area contributed by atoms with Crippen LogP contribution >= 0.6 is 0 Å². The largest absolute Gasteiger partial charge is 0.478 e. The van der Waals surface area contributed by atoms with Crippen molar-refractivity contribution < 1.29 is 14.6 Å². The quantitative estimate of drug-likeness (QED) is 0.827. The van der Waals surface area contributed by atoms with E-state index in [9.17, 15) is 4.79 Å². The van der Waals surface area contributed by atoms with E-state index >= 15 is 0 Å². The van der Waals surface area contributed by atoms with Crippen LogP contribution in [0.4, 0.5) is 5.69 Å². The zero-order valence-corrected chi connectivity index (χ0v) is 10.8. The summed E-state index contributed by atoms with van der Waals surface area (Å²) in [4.78, 5) is 11.0. The maximum atomic E-state index is 11.0. The minimum atomic E-state index is -1.07. The van der Waals surface area contributed by atoms with Gasteiger partial charge in [0.25, 0.3) is 0 Å². The third-order valence-electron chi connectivity index (χ3n) is 2.72. The van der Waals surface area contributed by atoms with Gasteiger partial charge in [0.2, 0.25) is 0 Å². The molecule has 0 aliphatic heterocycles. The molecule has 0 aliphatic carbocycles. The average Bonchev–Trinajstić information content (AvgIpc) is 2.30. The van der Waals surface area contributed by atoms with Gasteiger partial charge in [0.15, 0.2) is 5.75 Å². The number of carbonyl (C=O) groups is 1. The van der Waals surface area contributed by atoms with Crippen molar-refractivity contribution in [2.24, 2.45) is 0 Å². The summed E-state index contributed by atoms with van der Waals surface area (Å²) < 4.78 is 5.67. The van der Waals surface area contributed by atoms with Gasteiger partial charge in [0.05, 0.1) is 11.3 Å². The summed E-state index contributed by atoms with van der Waals surface area (Å²) in [6.07, 6.45) is 0. The first-order valence-electron chi connectivity index (χ1n) is 5.85. The Balaban J connectivity index is 2.38. The van der Waals surface area contributed by atoms with Crippen LogP contribution in [-0.2, 0) is 0 Å². The minimum absolute atomic E-state index is 0.0434. The molecule has 0 fully saturated rings. The van der Waals surface area contributed by atoms with Crippen LogP contribution in [0.15, 0.2) is 36.4 Å². The Labute approximate surface area is 111 Å². The molecule has 0 spiro atoms. The fourth-order valence-electron chi connectivity index (χ4n) is 1.94. The zero-order valence-electron chi connectivity index (χ0n) is 10.8. The van der Waals surface area contributed by atoms with Crippen molar-refractivity contribution in [2.75, 3.05) is 5.73 Å². The van der Waals surface area contributed by atoms with Crippen molar-refractivity contribution in [3.05, 3.63) is 53.1 Å². The van der Waals surface area contributed by atoms with Gasteiger partial charge in [-0.05, 0) is 49.2 Å². The molecule has 0 amide bonds. The number of anilines is 1. The van der Waals surface area contributed by atoms with E-state index in [-0.39, 0.29) is 11.3 Å². The van der Waals surface area contributed by atoms with Crippen molar-refractivity contribution in [1.29, 1.82) is 0 Å². The van der Waals surface area contributed by atoms with Crippen LogP contribution in [0.25, 0.3) is 0 Å². The van der Waals surface area contributed by atoms with Crippen molar-refractivity contribution in [1.82, 2.24) is 0 Å². The van der Waals surface area contributed by atoms with E-state index in [1.807, 2.05) is 32.0 Å². The maximum Gasteiger partial charge on any atom is 0.337 e. The molecule has 0 aromatic heterocycles. The van der Waals surface area contributed by atoms with E-state index in [2.05, 4.69) is 0 Å². The highest BCUT2D eigenvalue weighted by Crippen LogP contribution is 2.30. The Bertz CT molecular complexity index is 615. The molecular weight excluding hydrogens is 242 g/mol. The van der Waals surface area contributed by atoms with Gasteiger partial charge in [-0.1, -0.05) is 12.1 Å². The van der Waals surface area contributed by atoms with Crippen LogP contribution in [0.3, 0.4) is 0 Å². The minimum Gasteiger partial charge on any atom is -0.478 e. The number of nitrogen functional groups attached to an aromatic ring is 1. The Morgan fingerprint density at radius 1 is 1.16 bits per heavy atom. The van der Waals surface area contributed by atoms with Crippen LogP contribution in [0, 0.1) is 13.8 Å². The number of rotatable bonds is 3. The van der Waals surface area contributed by atoms with Gasteiger partial charge in [0.1, 0.15) is 5.75 Å². The lowest BCUT2D eigenvalue weighted by atomic mass is 10.1. The molecule has 0 saturated carbocycles. The van der Waals surface area contributed by atoms with Crippen molar-refractivity contribution in [3.63, 3.8) is 0 Å². The van der Waals surface area contributed by atoms with Crippen LogP contribution in [0.2, 0.25) is 0 Å². The highest BCUT2D eigenvalue weighted by atomic mass is 16.5. The van der Waals surface area contributed by atoms with E-state index in [1.165, 1.54) is 6.07 Å². The lowest BCUT2D eigenvalue weighted by Gasteiger charge is -2.11. The average molecular weight is 257 g/mol. The fourth-order valence-corrected chi connectivity index (χ4v) is 1.94. The Morgan fingerprint density at radius 3 is 2.37 bits per heavy atom. The predicted molar refractivity (Wildman–Crippen MR) is 73.8 cm³/mol. The lowest BCUT2D eigenvalue weighted by Crippen LogP contribution is -2.03. The molecule has 3 N–H and O–H groups in total. The van der Waals surface area contributed by atoms with Gasteiger partial charge < -0.3 is 15.6 Å². The number of hydrogen-bond donors (Lipinski definition) is 2. The zero-order chi connectivity index (χ0) is 14.0. The fraction of sp³-hybridized carbons (Fsp3) is 0.133. The monoisotopic (exact) mass is 257 g/mol. The SMILES string of the molecule is Cc1cc(C)cc(Oc2cccc(C(=O)O)c2N)c1. The summed E-state index contributed by atoms with van der Waals surface area (Å²) in [6.45, 7) is 3.94. The van der Waals surface area contributed by atoms with E-state index in [0.717, 1.165) is 11.1 Å².